The minimum Gasteiger partial charge on any atom is -0.347 e. The lowest BCUT2D eigenvalue weighted by molar-refractivity contribution is -0.138. The zero-order chi connectivity index (χ0) is 12.9. The number of hydrogen-bond acceptors (Lipinski definition) is 2. The molecule has 0 spiro atoms. The molecule has 3 N–H and O–H groups in total. The smallest absolute Gasteiger partial charge is 0.347 e. The number of hydrogen-bond donors (Lipinski definition) is 2. The van der Waals surface area contributed by atoms with Gasteiger partial charge in [0.05, 0.1) is 0 Å². The van der Waals surface area contributed by atoms with Gasteiger partial charge in [-0.05, 0) is 25.2 Å². The molecule has 1 fully saturated rings. The molecule has 0 saturated heterocycles. The van der Waals surface area contributed by atoms with Crippen LogP contribution in [0.5, 0.6) is 0 Å². The van der Waals surface area contributed by atoms with E-state index < -0.39 is 18.6 Å². The van der Waals surface area contributed by atoms with E-state index >= 15 is 0 Å². The quantitative estimate of drug-likeness (QED) is 0.803. The third-order valence-corrected chi connectivity index (χ3v) is 3.09. The van der Waals surface area contributed by atoms with Crippen LogP contribution in [-0.4, -0.2) is 24.7 Å². The van der Waals surface area contributed by atoms with Gasteiger partial charge in [0.15, 0.2) is 0 Å². The molecule has 0 radical (unpaired) electrons. The molecule has 17 heavy (non-hydrogen) atoms. The van der Waals surface area contributed by atoms with Gasteiger partial charge in [-0.1, -0.05) is 12.8 Å². The predicted molar refractivity (Wildman–Crippen MR) is 58.2 cm³/mol. The van der Waals surface area contributed by atoms with Crippen molar-refractivity contribution in [3.8, 4) is 0 Å². The van der Waals surface area contributed by atoms with Gasteiger partial charge in [-0.2, -0.15) is 13.2 Å². The number of carbonyl (C=O) groups is 1. The molecule has 0 heterocycles. The molecule has 1 rings (SSSR count). The maximum atomic E-state index is 11.8. The van der Waals surface area contributed by atoms with Crippen LogP contribution in [0.1, 0.15) is 38.5 Å². The SMILES string of the molecule is NC1CCCC(CCC(=O)NCC(F)(F)F)C1. The molecule has 6 heteroatoms. The van der Waals surface area contributed by atoms with Crippen LogP contribution in [0, 0.1) is 5.92 Å². The van der Waals surface area contributed by atoms with Crippen LogP contribution in [0.15, 0.2) is 0 Å². The van der Waals surface area contributed by atoms with Crippen molar-refractivity contribution >= 4 is 5.91 Å². The first-order valence-electron chi connectivity index (χ1n) is 5.96. The van der Waals surface area contributed by atoms with E-state index in [9.17, 15) is 18.0 Å². The van der Waals surface area contributed by atoms with Crippen LogP contribution in [0.25, 0.3) is 0 Å². The Morgan fingerprint density at radius 3 is 2.65 bits per heavy atom. The molecule has 100 valence electrons. The summed E-state index contributed by atoms with van der Waals surface area (Å²) in [5.41, 5.74) is 5.80. The normalized spacial score (nSPS) is 25.6. The maximum Gasteiger partial charge on any atom is 0.405 e. The molecule has 1 aliphatic rings. The van der Waals surface area contributed by atoms with Gasteiger partial charge in [-0.3, -0.25) is 4.79 Å². The van der Waals surface area contributed by atoms with Crippen molar-refractivity contribution in [3.05, 3.63) is 0 Å². The third-order valence-electron chi connectivity index (χ3n) is 3.09. The number of rotatable bonds is 4. The standard InChI is InChI=1S/C11H19F3N2O/c12-11(13,14)7-16-10(17)5-4-8-2-1-3-9(15)6-8/h8-9H,1-7,15H2,(H,16,17). The van der Waals surface area contributed by atoms with Crippen molar-refractivity contribution in [2.75, 3.05) is 6.54 Å². The predicted octanol–water partition coefficient (Wildman–Crippen LogP) is 1.96. The van der Waals surface area contributed by atoms with E-state index in [4.69, 9.17) is 5.73 Å². The molecule has 0 aromatic rings. The van der Waals surface area contributed by atoms with Gasteiger partial charge in [-0.15, -0.1) is 0 Å². The van der Waals surface area contributed by atoms with Gasteiger partial charge in [0.2, 0.25) is 5.91 Å². The fourth-order valence-corrected chi connectivity index (χ4v) is 2.22. The Hall–Kier alpha value is -0.780. The summed E-state index contributed by atoms with van der Waals surface area (Å²) in [5.74, 6) is -0.142. The van der Waals surface area contributed by atoms with E-state index in [1.807, 2.05) is 5.32 Å². The lowest BCUT2D eigenvalue weighted by Crippen LogP contribution is -2.34. The molecule has 1 amide bonds. The number of amides is 1. The van der Waals surface area contributed by atoms with Crippen molar-refractivity contribution in [3.63, 3.8) is 0 Å². The van der Waals surface area contributed by atoms with Gasteiger partial charge in [0, 0.05) is 12.5 Å². The fourth-order valence-electron chi connectivity index (χ4n) is 2.22. The van der Waals surface area contributed by atoms with Crippen molar-refractivity contribution in [1.29, 1.82) is 0 Å². The number of alkyl halides is 3. The molecule has 0 bridgehead atoms. The molecule has 1 saturated carbocycles. The number of carbonyl (C=O) groups excluding carboxylic acids is 1. The molecule has 3 nitrogen and oxygen atoms in total. The molecule has 0 aliphatic heterocycles. The highest BCUT2D eigenvalue weighted by atomic mass is 19.4. The summed E-state index contributed by atoms with van der Waals surface area (Å²) in [7, 11) is 0. The Morgan fingerprint density at radius 1 is 1.35 bits per heavy atom. The summed E-state index contributed by atoms with van der Waals surface area (Å²) >= 11 is 0. The summed E-state index contributed by atoms with van der Waals surface area (Å²) < 4.78 is 35.5. The zero-order valence-electron chi connectivity index (χ0n) is 9.72. The van der Waals surface area contributed by atoms with Crippen LogP contribution in [0.4, 0.5) is 13.2 Å². The molecular weight excluding hydrogens is 233 g/mol. The first-order valence-corrected chi connectivity index (χ1v) is 5.96. The van der Waals surface area contributed by atoms with Crippen molar-refractivity contribution in [2.24, 2.45) is 11.7 Å². The maximum absolute atomic E-state index is 11.8. The van der Waals surface area contributed by atoms with Crippen molar-refractivity contribution in [2.45, 2.75) is 50.7 Å². The molecular formula is C11H19F3N2O. The second-order valence-corrected chi connectivity index (χ2v) is 4.72. The Balaban J connectivity index is 2.15. The van der Waals surface area contributed by atoms with Crippen molar-refractivity contribution in [1.82, 2.24) is 5.32 Å². The highest BCUT2D eigenvalue weighted by Crippen LogP contribution is 2.26. The van der Waals surface area contributed by atoms with Gasteiger partial charge in [0.25, 0.3) is 0 Å². The Labute approximate surface area is 98.9 Å². The van der Waals surface area contributed by atoms with Crippen molar-refractivity contribution < 1.29 is 18.0 Å². The largest absolute Gasteiger partial charge is 0.405 e. The second-order valence-electron chi connectivity index (χ2n) is 4.72. The van der Waals surface area contributed by atoms with Crippen LogP contribution < -0.4 is 11.1 Å². The van der Waals surface area contributed by atoms with E-state index in [0.717, 1.165) is 25.7 Å². The second kappa shape index (κ2) is 6.23. The number of halogens is 3. The van der Waals surface area contributed by atoms with E-state index in [1.165, 1.54) is 0 Å². The highest BCUT2D eigenvalue weighted by molar-refractivity contribution is 5.75. The van der Waals surface area contributed by atoms with Gasteiger partial charge < -0.3 is 11.1 Å². The van der Waals surface area contributed by atoms with Crippen LogP contribution >= 0.6 is 0 Å². The summed E-state index contributed by atoms with van der Waals surface area (Å²) in [5, 5.41) is 1.88. The average molecular weight is 252 g/mol. The third kappa shape index (κ3) is 6.51. The Kier molecular flexibility index (Phi) is 5.24. The van der Waals surface area contributed by atoms with Gasteiger partial charge >= 0.3 is 6.18 Å². The number of nitrogens with two attached hydrogens (primary N) is 1. The molecule has 1 aliphatic carbocycles. The molecule has 2 atom stereocenters. The monoisotopic (exact) mass is 252 g/mol. The molecule has 2 unspecified atom stereocenters. The Bertz CT molecular complexity index is 256. The first-order chi connectivity index (χ1) is 7.87. The van der Waals surface area contributed by atoms with Crippen LogP contribution in [0.3, 0.4) is 0 Å². The van der Waals surface area contributed by atoms with E-state index in [1.54, 1.807) is 0 Å². The van der Waals surface area contributed by atoms with Crippen LogP contribution in [0.2, 0.25) is 0 Å². The summed E-state index contributed by atoms with van der Waals surface area (Å²) in [6, 6.07) is 0.187. The average Bonchev–Trinajstić information content (AvgIpc) is 2.23. The number of nitrogens with one attached hydrogen (secondary N) is 1. The van der Waals surface area contributed by atoms with Gasteiger partial charge in [-0.25, -0.2) is 0 Å². The van der Waals surface area contributed by atoms with Crippen LogP contribution in [-0.2, 0) is 4.79 Å². The topological polar surface area (TPSA) is 55.1 Å². The molecule has 0 aromatic heterocycles. The van der Waals surface area contributed by atoms with E-state index in [-0.39, 0.29) is 12.5 Å². The minimum atomic E-state index is -4.33. The lowest BCUT2D eigenvalue weighted by atomic mass is 9.83. The van der Waals surface area contributed by atoms with E-state index in [0.29, 0.717) is 12.3 Å². The van der Waals surface area contributed by atoms with E-state index in [2.05, 4.69) is 0 Å². The Morgan fingerprint density at radius 2 is 2.06 bits per heavy atom. The first kappa shape index (κ1) is 14.3. The summed E-state index contributed by atoms with van der Waals surface area (Å²) in [6.45, 7) is -1.24. The lowest BCUT2D eigenvalue weighted by Gasteiger charge is -2.26. The summed E-state index contributed by atoms with van der Waals surface area (Å²) in [4.78, 5) is 11.2. The summed E-state index contributed by atoms with van der Waals surface area (Å²) in [6.07, 6.45) is 0.438. The fraction of sp³-hybridized carbons (Fsp3) is 0.909. The van der Waals surface area contributed by atoms with Gasteiger partial charge in [0.1, 0.15) is 6.54 Å². The minimum absolute atomic E-state index is 0.160. The zero-order valence-corrected chi connectivity index (χ0v) is 9.72. The molecule has 0 aromatic carbocycles. The highest BCUT2D eigenvalue weighted by Gasteiger charge is 2.27.